The van der Waals surface area contributed by atoms with E-state index in [1.807, 2.05) is 7.05 Å². The summed E-state index contributed by atoms with van der Waals surface area (Å²) in [6.07, 6.45) is 6.93. The van der Waals surface area contributed by atoms with Gasteiger partial charge in [-0.2, -0.15) is 0 Å². The molecule has 3 atom stereocenters. The Morgan fingerprint density at radius 3 is 2.44 bits per heavy atom. The Hall–Kier alpha value is -0.610. The fourth-order valence-electron chi connectivity index (χ4n) is 3.45. The Morgan fingerprint density at radius 2 is 1.94 bits per heavy atom. The highest BCUT2D eigenvalue weighted by molar-refractivity contribution is 5.79. The van der Waals surface area contributed by atoms with E-state index in [2.05, 4.69) is 11.8 Å². The van der Waals surface area contributed by atoms with Crippen LogP contribution in [0.3, 0.4) is 0 Å². The molecular formula is C14H26N2O2. The van der Waals surface area contributed by atoms with Crippen LogP contribution in [0.25, 0.3) is 0 Å². The number of nitrogens with two attached hydrogens (primary N) is 1. The van der Waals surface area contributed by atoms with Crippen molar-refractivity contribution < 1.29 is 9.90 Å². The van der Waals surface area contributed by atoms with Gasteiger partial charge >= 0.3 is 5.97 Å². The van der Waals surface area contributed by atoms with Gasteiger partial charge in [-0.1, -0.05) is 19.8 Å². The number of carboxylic acids is 1. The van der Waals surface area contributed by atoms with Crippen molar-refractivity contribution in [2.45, 2.75) is 57.0 Å². The zero-order chi connectivity index (χ0) is 13.3. The molecule has 104 valence electrons. The van der Waals surface area contributed by atoms with Crippen LogP contribution in [-0.4, -0.2) is 41.1 Å². The van der Waals surface area contributed by atoms with Crippen molar-refractivity contribution in [1.82, 2.24) is 4.90 Å². The van der Waals surface area contributed by atoms with E-state index >= 15 is 0 Å². The number of carboxylic acid groups (broad SMARTS) is 1. The van der Waals surface area contributed by atoms with Crippen LogP contribution in [0.5, 0.6) is 0 Å². The molecule has 0 aromatic rings. The summed E-state index contributed by atoms with van der Waals surface area (Å²) in [6, 6.07) is 0.500. The lowest BCUT2D eigenvalue weighted by molar-refractivity contribution is -0.145. The fraction of sp³-hybridized carbons (Fsp3) is 0.929. The molecule has 0 radical (unpaired) electrons. The second kappa shape index (κ2) is 5.17. The molecular weight excluding hydrogens is 228 g/mol. The van der Waals surface area contributed by atoms with Crippen molar-refractivity contribution >= 4 is 5.97 Å². The molecule has 2 aliphatic rings. The van der Waals surface area contributed by atoms with Crippen LogP contribution in [0.1, 0.15) is 45.4 Å². The Bertz CT molecular complexity index is 317. The molecule has 0 aromatic heterocycles. The van der Waals surface area contributed by atoms with Gasteiger partial charge in [0.15, 0.2) is 0 Å². The maximum Gasteiger partial charge on any atom is 0.325 e. The molecule has 4 nitrogen and oxygen atoms in total. The first-order valence-corrected chi connectivity index (χ1v) is 7.17. The number of rotatable bonds is 5. The van der Waals surface area contributed by atoms with Gasteiger partial charge in [-0.15, -0.1) is 0 Å². The van der Waals surface area contributed by atoms with Crippen molar-refractivity contribution in [3.05, 3.63) is 0 Å². The SMILES string of the molecule is CC1CCCCC1N(C)CC(N)(C(=O)O)C1CC1. The molecule has 2 fully saturated rings. The van der Waals surface area contributed by atoms with E-state index in [9.17, 15) is 9.90 Å². The Labute approximate surface area is 110 Å². The van der Waals surface area contributed by atoms with E-state index in [0.717, 1.165) is 12.8 Å². The lowest BCUT2D eigenvalue weighted by atomic mass is 9.84. The highest BCUT2D eigenvalue weighted by Gasteiger charge is 2.49. The molecule has 2 saturated carbocycles. The Kier molecular flexibility index (Phi) is 3.97. The summed E-state index contributed by atoms with van der Waals surface area (Å²) in [5.41, 5.74) is 5.12. The number of nitrogens with zero attached hydrogens (tertiary/aromatic N) is 1. The van der Waals surface area contributed by atoms with E-state index in [4.69, 9.17) is 5.73 Å². The summed E-state index contributed by atoms with van der Waals surface area (Å²) in [5.74, 6) is -0.00217. The van der Waals surface area contributed by atoms with Gasteiger partial charge < -0.3 is 15.7 Å². The summed E-state index contributed by atoms with van der Waals surface area (Å²) in [5, 5.41) is 9.40. The highest BCUT2D eigenvalue weighted by Crippen LogP contribution is 2.39. The largest absolute Gasteiger partial charge is 0.480 e. The number of carbonyl (C=O) groups is 1. The van der Waals surface area contributed by atoms with Gasteiger partial charge in [0.25, 0.3) is 0 Å². The van der Waals surface area contributed by atoms with Crippen molar-refractivity contribution in [1.29, 1.82) is 0 Å². The second-order valence-electron chi connectivity index (χ2n) is 6.36. The Morgan fingerprint density at radius 1 is 1.33 bits per heavy atom. The van der Waals surface area contributed by atoms with Gasteiger partial charge in [-0.05, 0) is 44.6 Å². The van der Waals surface area contributed by atoms with Crippen LogP contribution in [0.2, 0.25) is 0 Å². The maximum absolute atomic E-state index is 11.5. The molecule has 0 spiro atoms. The van der Waals surface area contributed by atoms with Crippen molar-refractivity contribution in [2.24, 2.45) is 17.6 Å². The van der Waals surface area contributed by atoms with Gasteiger partial charge in [0.05, 0.1) is 0 Å². The number of likely N-dealkylation sites (N-methyl/N-ethyl adjacent to an activating group) is 1. The molecule has 0 heterocycles. The van der Waals surface area contributed by atoms with Gasteiger partial charge in [-0.3, -0.25) is 4.79 Å². The zero-order valence-corrected chi connectivity index (χ0v) is 11.6. The van der Waals surface area contributed by atoms with Crippen LogP contribution < -0.4 is 5.73 Å². The molecule has 2 rings (SSSR count). The number of hydrogen-bond donors (Lipinski definition) is 2. The maximum atomic E-state index is 11.5. The van der Waals surface area contributed by atoms with Crippen LogP contribution in [-0.2, 0) is 4.79 Å². The Balaban J connectivity index is 2.00. The van der Waals surface area contributed by atoms with Crippen molar-refractivity contribution in [3.63, 3.8) is 0 Å². The summed E-state index contributed by atoms with van der Waals surface area (Å²) in [4.78, 5) is 13.7. The molecule has 4 heteroatoms. The number of aliphatic carboxylic acids is 1. The highest BCUT2D eigenvalue weighted by atomic mass is 16.4. The van der Waals surface area contributed by atoms with E-state index in [-0.39, 0.29) is 5.92 Å². The number of hydrogen-bond acceptors (Lipinski definition) is 3. The predicted octanol–water partition coefficient (Wildman–Crippen LogP) is 1.69. The molecule has 3 N–H and O–H groups in total. The predicted molar refractivity (Wildman–Crippen MR) is 71.3 cm³/mol. The third kappa shape index (κ3) is 2.69. The van der Waals surface area contributed by atoms with Gasteiger partial charge in [-0.25, -0.2) is 0 Å². The van der Waals surface area contributed by atoms with Gasteiger partial charge in [0, 0.05) is 12.6 Å². The van der Waals surface area contributed by atoms with Gasteiger partial charge in [0.2, 0.25) is 0 Å². The summed E-state index contributed by atoms with van der Waals surface area (Å²) in [7, 11) is 2.04. The average Bonchev–Trinajstić information content (AvgIpc) is 3.13. The standard InChI is InChI=1S/C14H26N2O2/c1-10-5-3-4-6-12(10)16(2)9-14(15,13(17)18)11-7-8-11/h10-12H,3-9,15H2,1-2H3,(H,17,18). The monoisotopic (exact) mass is 254 g/mol. The molecule has 0 amide bonds. The molecule has 0 saturated heterocycles. The van der Waals surface area contributed by atoms with Crippen LogP contribution >= 0.6 is 0 Å². The van der Waals surface area contributed by atoms with Gasteiger partial charge in [0.1, 0.15) is 5.54 Å². The first kappa shape index (κ1) is 13.8. The van der Waals surface area contributed by atoms with E-state index < -0.39 is 11.5 Å². The summed E-state index contributed by atoms with van der Waals surface area (Å²) >= 11 is 0. The zero-order valence-electron chi connectivity index (χ0n) is 11.6. The first-order valence-electron chi connectivity index (χ1n) is 7.17. The molecule has 0 bridgehead atoms. The molecule has 3 unspecified atom stereocenters. The van der Waals surface area contributed by atoms with E-state index in [1.165, 1.54) is 25.7 Å². The molecule has 0 aliphatic heterocycles. The molecule has 2 aliphatic carbocycles. The third-order valence-corrected chi connectivity index (χ3v) is 4.85. The third-order valence-electron chi connectivity index (χ3n) is 4.85. The second-order valence-corrected chi connectivity index (χ2v) is 6.36. The smallest absolute Gasteiger partial charge is 0.325 e. The summed E-state index contributed by atoms with van der Waals surface area (Å²) in [6.45, 7) is 2.76. The molecule has 18 heavy (non-hydrogen) atoms. The van der Waals surface area contributed by atoms with E-state index in [1.54, 1.807) is 0 Å². The lowest BCUT2D eigenvalue weighted by Gasteiger charge is -2.40. The fourth-order valence-corrected chi connectivity index (χ4v) is 3.45. The van der Waals surface area contributed by atoms with Crippen molar-refractivity contribution in [2.75, 3.05) is 13.6 Å². The normalized spacial score (nSPS) is 32.2. The minimum absolute atomic E-state index is 0.177. The topological polar surface area (TPSA) is 66.6 Å². The van der Waals surface area contributed by atoms with Crippen LogP contribution in [0, 0.1) is 11.8 Å². The van der Waals surface area contributed by atoms with E-state index in [0.29, 0.717) is 18.5 Å². The van der Waals surface area contributed by atoms with Crippen LogP contribution in [0.15, 0.2) is 0 Å². The first-order chi connectivity index (χ1) is 8.45. The van der Waals surface area contributed by atoms with Crippen molar-refractivity contribution in [3.8, 4) is 0 Å². The minimum atomic E-state index is -1.04. The summed E-state index contributed by atoms with van der Waals surface area (Å²) < 4.78 is 0. The van der Waals surface area contributed by atoms with Crippen LogP contribution in [0.4, 0.5) is 0 Å². The lowest BCUT2D eigenvalue weighted by Crippen LogP contribution is -2.59. The molecule has 0 aromatic carbocycles. The quantitative estimate of drug-likeness (QED) is 0.783. The minimum Gasteiger partial charge on any atom is -0.480 e. The average molecular weight is 254 g/mol.